The van der Waals surface area contributed by atoms with Crippen LogP contribution in [0, 0.1) is 11.6 Å². The fraction of sp³-hybridized carbons (Fsp3) is 0.143. The molecule has 18 heavy (non-hydrogen) atoms. The second-order valence-corrected chi connectivity index (χ2v) is 4.46. The third kappa shape index (κ3) is 2.79. The second-order valence-electron chi connectivity index (χ2n) is 4.02. The van der Waals surface area contributed by atoms with Crippen LogP contribution >= 0.6 is 11.6 Å². The van der Waals surface area contributed by atoms with E-state index >= 15 is 0 Å². The number of nitrogens with one attached hydrogen (secondary N) is 1. The van der Waals surface area contributed by atoms with Gasteiger partial charge in [-0.1, -0.05) is 29.8 Å². The van der Waals surface area contributed by atoms with Gasteiger partial charge in [0.25, 0.3) is 0 Å². The van der Waals surface area contributed by atoms with Gasteiger partial charge in [-0.25, -0.2) is 8.78 Å². The summed E-state index contributed by atoms with van der Waals surface area (Å²) in [6, 6.07) is 11.1. The van der Waals surface area contributed by atoms with Crippen LogP contribution in [0.2, 0.25) is 5.02 Å². The predicted octanol–water partition coefficient (Wildman–Crippen LogP) is 4.79. The maximum absolute atomic E-state index is 13.5. The molecule has 2 aromatic carbocycles. The number of benzene rings is 2. The molecule has 1 N–H and O–H groups in total. The molecular formula is C14H12ClF2N. The average molecular weight is 268 g/mol. The lowest BCUT2D eigenvalue weighted by molar-refractivity contribution is 0.510. The Balaban J connectivity index is 2.18. The number of hydrogen-bond acceptors (Lipinski definition) is 1. The predicted molar refractivity (Wildman–Crippen MR) is 69.8 cm³/mol. The van der Waals surface area contributed by atoms with Crippen LogP contribution in [0.25, 0.3) is 0 Å². The molecule has 1 atom stereocenters. The number of rotatable bonds is 3. The van der Waals surface area contributed by atoms with Crippen LogP contribution in [-0.2, 0) is 0 Å². The highest BCUT2D eigenvalue weighted by Gasteiger charge is 2.11. The smallest absolute Gasteiger partial charge is 0.181 e. The summed E-state index contributed by atoms with van der Waals surface area (Å²) in [5.74, 6) is -1.72. The lowest BCUT2D eigenvalue weighted by Crippen LogP contribution is -2.08. The molecule has 0 aromatic heterocycles. The number of anilines is 1. The first-order chi connectivity index (χ1) is 8.58. The number of halogens is 3. The molecule has 2 aromatic rings. The minimum absolute atomic E-state index is 0.140. The van der Waals surface area contributed by atoms with Crippen LogP contribution in [0.5, 0.6) is 0 Å². The van der Waals surface area contributed by atoms with E-state index in [2.05, 4.69) is 5.32 Å². The molecule has 0 aliphatic heterocycles. The topological polar surface area (TPSA) is 12.0 Å². The quantitative estimate of drug-likeness (QED) is 0.843. The summed E-state index contributed by atoms with van der Waals surface area (Å²) in [6.07, 6.45) is 0. The van der Waals surface area contributed by atoms with E-state index in [4.69, 9.17) is 11.6 Å². The Morgan fingerprint density at radius 2 is 1.72 bits per heavy atom. The van der Waals surface area contributed by atoms with Crippen LogP contribution in [0.1, 0.15) is 18.5 Å². The maximum Gasteiger partial charge on any atom is 0.181 e. The maximum atomic E-state index is 13.5. The van der Waals surface area contributed by atoms with E-state index in [1.807, 2.05) is 19.1 Å². The molecule has 0 saturated heterocycles. The van der Waals surface area contributed by atoms with Crippen molar-refractivity contribution in [3.8, 4) is 0 Å². The molecule has 1 nitrogen and oxygen atoms in total. The van der Waals surface area contributed by atoms with Crippen molar-refractivity contribution in [3.05, 3.63) is 64.7 Å². The van der Waals surface area contributed by atoms with Crippen molar-refractivity contribution in [1.29, 1.82) is 0 Å². The average Bonchev–Trinajstić information content (AvgIpc) is 2.36. The van der Waals surface area contributed by atoms with Gasteiger partial charge >= 0.3 is 0 Å². The van der Waals surface area contributed by atoms with Gasteiger partial charge in [0.15, 0.2) is 11.6 Å². The first kappa shape index (κ1) is 12.8. The normalized spacial score (nSPS) is 12.2. The highest BCUT2D eigenvalue weighted by molar-refractivity contribution is 6.30. The molecule has 1 unspecified atom stereocenters. The number of hydrogen-bond donors (Lipinski definition) is 1. The largest absolute Gasteiger partial charge is 0.376 e. The lowest BCUT2D eigenvalue weighted by Gasteiger charge is -2.16. The summed E-state index contributed by atoms with van der Waals surface area (Å²) in [5.41, 5.74) is 1.10. The Hall–Kier alpha value is -1.61. The Kier molecular flexibility index (Phi) is 3.82. The van der Waals surface area contributed by atoms with Crippen molar-refractivity contribution in [1.82, 2.24) is 0 Å². The van der Waals surface area contributed by atoms with E-state index in [9.17, 15) is 8.78 Å². The summed E-state index contributed by atoms with van der Waals surface area (Å²) in [7, 11) is 0. The van der Waals surface area contributed by atoms with Crippen molar-refractivity contribution in [3.63, 3.8) is 0 Å². The summed E-state index contributed by atoms with van der Waals surface area (Å²) in [5, 5.41) is 3.57. The summed E-state index contributed by atoms with van der Waals surface area (Å²) < 4.78 is 26.5. The van der Waals surface area contributed by atoms with Crippen LogP contribution in [0.4, 0.5) is 14.5 Å². The Bertz CT molecular complexity index is 540. The molecule has 2 rings (SSSR count). The zero-order valence-electron chi connectivity index (χ0n) is 9.75. The third-order valence-corrected chi connectivity index (χ3v) is 2.95. The van der Waals surface area contributed by atoms with E-state index in [1.165, 1.54) is 12.1 Å². The Morgan fingerprint density at radius 1 is 1.06 bits per heavy atom. The molecule has 0 aliphatic carbocycles. The molecule has 94 valence electrons. The molecule has 0 spiro atoms. The lowest BCUT2D eigenvalue weighted by atomic mass is 10.1. The molecule has 0 saturated carbocycles. The van der Waals surface area contributed by atoms with Gasteiger partial charge in [0.05, 0.1) is 5.69 Å². The molecular weight excluding hydrogens is 256 g/mol. The highest BCUT2D eigenvalue weighted by atomic mass is 35.5. The van der Waals surface area contributed by atoms with Crippen LogP contribution < -0.4 is 5.32 Å². The van der Waals surface area contributed by atoms with Gasteiger partial charge < -0.3 is 5.32 Å². The van der Waals surface area contributed by atoms with Crippen molar-refractivity contribution < 1.29 is 8.78 Å². The first-order valence-electron chi connectivity index (χ1n) is 5.54. The summed E-state index contributed by atoms with van der Waals surface area (Å²) in [4.78, 5) is 0. The van der Waals surface area contributed by atoms with E-state index in [-0.39, 0.29) is 11.7 Å². The Labute approximate surface area is 109 Å². The molecule has 4 heteroatoms. The summed E-state index contributed by atoms with van der Waals surface area (Å²) in [6.45, 7) is 1.87. The molecule has 0 radical (unpaired) electrons. The van der Waals surface area contributed by atoms with Crippen LogP contribution in [0.3, 0.4) is 0 Å². The third-order valence-electron chi connectivity index (χ3n) is 2.69. The molecule has 0 heterocycles. The fourth-order valence-electron chi connectivity index (χ4n) is 1.68. The van der Waals surface area contributed by atoms with Crippen molar-refractivity contribution in [2.24, 2.45) is 0 Å². The molecule has 0 aliphatic rings. The van der Waals surface area contributed by atoms with Crippen molar-refractivity contribution >= 4 is 17.3 Å². The monoisotopic (exact) mass is 267 g/mol. The van der Waals surface area contributed by atoms with Gasteiger partial charge in [0, 0.05) is 11.1 Å². The minimum Gasteiger partial charge on any atom is -0.376 e. The van der Waals surface area contributed by atoms with Gasteiger partial charge in [0.2, 0.25) is 0 Å². The first-order valence-corrected chi connectivity index (χ1v) is 5.91. The van der Waals surface area contributed by atoms with Gasteiger partial charge in [-0.05, 0) is 36.8 Å². The minimum atomic E-state index is -0.863. The van der Waals surface area contributed by atoms with Crippen LogP contribution in [-0.4, -0.2) is 0 Å². The zero-order valence-corrected chi connectivity index (χ0v) is 10.5. The standard InChI is InChI=1S/C14H12ClF2N/c1-9(10-5-7-11(15)8-6-10)18-13-4-2-3-12(16)14(13)17/h2-9,18H,1H3. The SMILES string of the molecule is CC(Nc1cccc(F)c1F)c1ccc(Cl)cc1. The fourth-order valence-corrected chi connectivity index (χ4v) is 1.81. The molecule has 0 fully saturated rings. The second kappa shape index (κ2) is 5.36. The van der Waals surface area contributed by atoms with Gasteiger partial charge in [-0.2, -0.15) is 0 Å². The summed E-state index contributed by atoms with van der Waals surface area (Å²) >= 11 is 5.79. The molecule has 0 bridgehead atoms. The van der Waals surface area contributed by atoms with Crippen molar-refractivity contribution in [2.45, 2.75) is 13.0 Å². The highest BCUT2D eigenvalue weighted by Crippen LogP contribution is 2.23. The van der Waals surface area contributed by atoms with Crippen molar-refractivity contribution in [2.75, 3.05) is 5.32 Å². The van der Waals surface area contributed by atoms with Gasteiger partial charge in [0.1, 0.15) is 0 Å². The van der Waals surface area contributed by atoms with E-state index in [0.29, 0.717) is 5.02 Å². The zero-order chi connectivity index (χ0) is 13.1. The van der Waals surface area contributed by atoms with Crippen LogP contribution in [0.15, 0.2) is 42.5 Å². The van der Waals surface area contributed by atoms with E-state index in [0.717, 1.165) is 11.6 Å². The Morgan fingerprint density at radius 3 is 2.39 bits per heavy atom. The van der Waals surface area contributed by atoms with E-state index < -0.39 is 11.6 Å². The van der Waals surface area contributed by atoms with E-state index in [1.54, 1.807) is 12.1 Å². The van der Waals surface area contributed by atoms with Gasteiger partial charge in [-0.15, -0.1) is 0 Å². The molecule has 0 amide bonds. The van der Waals surface area contributed by atoms with Gasteiger partial charge in [-0.3, -0.25) is 0 Å².